The second-order valence-corrected chi connectivity index (χ2v) is 7.67. The minimum absolute atomic E-state index is 0.0547. The molecule has 2 aliphatic rings. The van der Waals surface area contributed by atoms with E-state index in [0.717, 1.165) is 50.8 Å². The van der Waals surface area contributed by atoms with Gasteiger partial charge in [-0.1, -0.05) is 43.7 Å². The lowest BCUT2D eigenvalue weighted by atomic mass is 9.81. The molecule has 5 heteroatoms. The molecule has 27 heavy (non-hydrogen) atoms. The number of likely N-dealkylation sites (tertiary alicyclic amines) is 2. The standard InChI is InChI=1S/C22H32N2O3/c1-3-5-15-24-16-13-19-12-9-14-23(17-18-10-7-6-8-11-18)20(25)22(19,24)21(26)27-4-2/h6-8,10-11,19H,3-5,9,12-17H2,1-2H3/t19-,22+/m1/s1. The van der Waals surface area contributed by atoms with Crippen LogP contribution in [0.4, 0.5) is 0 Å². The summed E-state index contributed by atoms with van der Waals surface area (Å²) in [5.74, 6) is -0.337. The summed E-state index contributed by atoms with van der Waals surface area (Å²) >= 11 is 0. The Balaban J connectivity index is 1.95. The van der Waals surface area contributed by atoms with E-state index in [-0.39, 0.29) is 17.8 Å². The SMILES string of the molecule is CCCCN1CC[C@H]2CCCN(Cc3ccccc3)C(=O)[C@]21C(=O)OCC. The zero-order valence-electron chi connectivity index (χ0n) is 16.7. The van der Waals surface area contributed by atoms with Crippen LogP contribution in [-0.4, -0.2) is 53.5 Å². The summed E-state index contributed by atoms with van der Waals surface area (Å²) in [7, 11) is 0. The van der Waals surface area contributed by atoms with Crippen LogP contribution in [0.2, 0.25) is 0 Å². The summed E-state index contributed by atoms with van der Waals surface area (Å²) in [5, 5.41) is 0. The predicted molar refractivity (Wildman–Crippen MR) is 105 cm³/mol. The van der Waals surface area contributed by atoms with Crippen molar-refractivity contribution in [3.8, 4) is 0 Å². The Morgan fingerprint density at radius 1 is 1.19 bits per heavy atom. The van der Waals surface area contributed by atoms with Gasteiger partial charge in [-0.25, -0.2) is 4.79 Å². The molecule has 0 saturated carbocycles. The van der Waals surface area contributed by atoms with Crippen LogP contribution < -0.4 is 0 Å². The van der Waals surface area contributed by atoms with Crippen molar-refractivity contribution in [2.24, 2.45) is 5.92 Å². The molecule has 0 aliphatic carbocycles. The van der Waals surface area contributed by atoms with Crippen LogP contribution >= 0.6 is 0 Å². The molecule has 0 radical (unpaired) electrons. The summed E-state index contributed by atoms with van der Waals surface area (Å²) in [5.41, 5.74) is -0.0300. The van der Waals surface area contributed by atoms with E-state index >= 15 is 0 Å². The van der Waals surface area contributed by atoms with Crippen LogP contribution in [-0.2, 0) is 20.9 Å². The lowest BCUT2D eigenvalue weighted by Crippen LogP contribution is -2.64. The van der Waals surface area contributed by atoms with Gasteiger partial charge in [-0.15, -0.1) is 0 Å². The number of carbonyl (C=O) groups excluding carboxylic acids is 2. The number of fused-ring (bicyclic) bond motifs is 1. The monoisotopic (exact) mass is 372 g/mol. The first kappa shape index (κ1) is 19.9. The summed E-state index contributed by atoms with van der Waals surface area (Å²) in [4.78, 5) is 31.1. The number of esters is 1. The molecule has 2 saturated heterocycles. The number of hydrogen-bond donors (Lipinski definition) is 0. The molecule has 2 aliphatic heterocycles. The molecule has 0 unspecified atom stereocenters. The van der Waals surface area contributed by atoms with E-state index in [1.807, 2.05) is 42.2 Å². The van der Waals surface area contributed by atoms with Gasteiger partial charge in [0.1, 0.15) is 0 Å². The molecule has 3 rings (SSSR count). The highest BCUT2D eigenvalue weighted by Gasteiger charge is 2.62. The zero-order chi connectivity index (χ0) is 19.3. The lowest BCUT2D eigenvalue weighted by molar-refractivity contribution is -0.168. The first-order valence-corrected chi connectivity index (χ1v) is 10.4. The van der Waals surface area contributed by atoms with Gasteiger partial charge >= 0.3 is 5.97 Å². The third kappa shape index (κ3) is 3.75. The van der Waals surface area contributed by atoms with E-state index in [9.17, 15) is 9.59 Å². The molecule has 0 aromatic heterocycles. The molecule has 0 N–H and O–H groups in total. The molecular formula is C22H32N2O3. The van der Waals surface area contributed by atoms with Crippen molar-refractivity contribution in [1.82, 2.24) is 9.80 Å². The van der Waals surface area contributed by atoms with E-state index in [1.54, 1.807) is 0 Å². The first-order chi connectivity index (χ1) is 13.1. The molecule has 2 heterocycles. The highest BCUT2D eigenvalue weighted by Crippen LogP contribution is 2.43. The van der Waals surface area contributed by atoms with Crippen LogP contribution in [0.1, 0.15) is 51.5 Å². The topological polar surface area (TPSA) is 49.9 Å². The first-order valence-electron chi connectivity index (χ1n) is 10.4. The van der Waals surface area contributed by atoms with Crippen molar-refractivity contribution in [2.75, 3.05) is 26.2 Å². The Morgan fingerprint density at radius 3 is 2.67 bits per heavy atom. The maximum Gasteiger partial charge on any atom is 0.336 e. The van der Waals surface area contributed by atoms with Crippen LogP contribution in [0.25, 0.3) is 0 Å². The Bertz CT molecular complexity index is 648. The quantitative estimate of drug-likeness (QED) is 0.545. The molecule has 1 aromatic rings. The minimum atomic E-state index is -1.13. The third-order valence-corrected chi connectivity index (χ3v) is 6.02. The average molecular weight is 373 g/mol. The van der Waals surface area contributed by atoms with Gasteiger partial charge in [-0.2, -0.15) is 0 Å². The molecule has 0 bridgehead atoms. The van der Waals surface area contributed by atoms with Crippen molar-refractivity contribution in [1.29, 1.82) is 0 Å². The molecule has 1 amide bonds. The number of amides is 1. The Morgan fingerprint density at radius 2 is 1.96 bits per heavy atom. The van der Waals surface area contributed by atoms with Gasteiger partial charge in [0.2, 0.25) is 5.54 Å². The second-order valence-electron chi connectivity index (χ2n) is 7.67. The Hall–Kier alpha value is -1.88. The van der Waals surface area contributed by atoms with Crippen LogP contribution in [0.5, 0.6) is 0 Å². The van der Waals surface area contributed by atoms with Gasteiger partial charge in [-0.3, -0.25) is 9.69 Å². The molecule has 2 fully saturated rings. The van der Waals surface area contributed by atoms with Crippen molar-refractivity contribution in [2.45, 2.75) is 58.0 Å². The molecular weight excluding hydrogens is 340 g/mol. The van der Waals surface area contributed by atoms with Crippen LogP contribution in [0, 0.1) is 5.92 Å². The fourth-order valence-electron chi connectivity index (χ4n) is 4.71. The van der Waals surface area contributed by atoms with Crippen LogP contribution in [0.15, 0.2) is 30.3 Å². The second kappa shape index (κ2) is 8.87. The fraction of sp³-hybridized carbons (Fsp3) is 0.636. The van der Waals surface area contributed by atoms with Crippen molar-refractivity contribution in [3.05, 3.63) is 35.9 Å². The number of carbonyl (C=O) groups is 2. The molecule has 5 nitrogen and oxygen atoms in total. The van der Waals surface area contributed by atoms with E-state index in [4.69, 9.17) is 4.74 Å². The van der Waals surface area contributed by atoms with E-state index in [2.05, 4.69) is 11.8 Å². The Labute approximate surface area is 162 Å². The smallest absolute Gasteiger partial charge is 0.336 e. The average Bonchev–Trinajstić information content (AvgIpc) is 2.98. The van der Waals surface area contributed by atoms with Crippen molar-refractivity contribution >= 4 is 11.9 Å². The Kier molecular flexibility index (Phi) is 6.53. The van der Waals surface area contributed by atoms with Gasteiger partial charge < -0.3 is 9.64 Å². The number of benzene rings is 1. The van der Waals surface area contributed by atoms with Crippen molar-refractivity contribution in [3.63, 3.8) is 0 Å². The molecule has 2 atom stereocenters. The largest absolute Gasteiger partial charge is 0.464 e. The molecule has 148 valence electrons. The summed E-state index contributed by atoms with van der Waals surface area (Å²) in [6.07, 6.45) is 4.76. The molecule has 1 aromatic carbocycles. The van der Waals surface area contributed by atoms with E-state index in [1.165, 1.54) is 0 Å². The third-order valence-electron chi connectivity index (χ3n) is 6.02. The van der Waals surface area contributed by atoms with Gasteiger partial charge in [0.15, 0.2) is 0 Å². The highest BCUT2D eigenvalue weighted by atomic mass is 16.5. The zero-order valence-corrected chi connectivity index (χ0v) is 16.7. The lowest BCUT2D eigenvalue weighted by Gasteiger charge is -2.40. The number of unbranched alkanes of at least 4 members (excludes halogenated alkanes) is 1. The number of rotatable bonds is 7. The molecule has 0 spiro atoms. The number of ether oxygens (including phenoxy) is 1. The summed E-state index contributed by atoms with van der Waals surface area (Å²) in [6.45, 7) is 7.09. The number of hydrogen-bond acceptors (Lipinski definition) is 4. The van der Waals surface area contributed by atoms with Gasteiger partial charge in [0.25, 0.3) is 5.91 Å². The minimum Gasteiger partial charge on any atom is -0.464 e. The van der Waals surface area contributed by atoms with E-state index in [0.29, 0.717) is 19.7 Å². The summed E-state index contributed by atoms with van der Waals surface area (Å²) < 4.78 is 5.49. The predicted octanol–water partition coefficient (Wildman–Crippen LogP) is 3.23. The van der Waals surface area contributed by atoms with Gasteiger partial charge in [0, 0.05) is 19.6 Å². The number of nitrogens with zero attached hydrogens (tertiary/aromatic N) is 2. The highest BCUT2D eigenvalue weighted by molar-refractivity contribution is 6.08. The van der Waals surface area contributed by atoms with Crippen molar-refractivity contribution < 1.29 is 14.3 Å². The van der Waals surface area contributed by atoms with Gasteiger partial charge in [-0.05, 0) is 50.6 Å². The summed E-state index contributed by atoms with van der Waals surface area (Å²) in [6, 6.07) is 10.0. The fourth-order valence-corrected chi connectivity index (χ4v) is 4.71. The maximum absolute atomic E-state index is 13.8. The van der Waals surface area contributed by atoms with Crippen LogP contribution in [0.3, 0.4) is 0 Å². The maximum atomic E-state index is 13.8. The van der Waals surface area contributed by atoms with Gasteiger partial charge in [0.05, 0.1) is 6.61 Å². The van der Waals surface area contributed by atoms with E-state index < -0.39 is 5.54 Å². The normalized spacial score (nSPS) is 25.9.